The van der Waals surface area contributed by atoms with Crippen LogP contribution in [0.2, 0.25) is 0 Å². The molecular weight excluding hydrogens is 416 g/mol. The highest BCUT2D eigenvalue weighted by atomic mass is 16.5. The number of ether oxygens (including phenoxy) is 4. The van der Waals surface area contributed by atoms with E-state index in [4.69, 9.17) is 18.9 Å². The topological polar surface area (TPSA) is 68.5 Å². The Morgan fingerprint density at radius 3 is 1.42 bits per heavy atom. The van der Waals surface area contributed by atoms with Gasteiger partial charge in [-0.3, -0.25) is 0 Å². The smallest absolute Gasteiger partial charge is 0.122 e. The number of nitrogens with one attached hydrogen (secondary N) is 2. The summed E-state index contributed by atoms with van der Waals surface area (Å²) in [6, 6.07) is 18.2. The molecule has 3 aromatic carbocycles. The number of hydrogen-bond acceptors (Lipinski definition) is 4. The van der Waals surface area contributed by atoms with Crippen LogP contribution >= 0.6 is 0 Å². The second-order valence-corrected chi connectivity index (χ2v) is 7.89. The van der Waals surface area contributed by atoms with Gasteiger partial charge in [-0.1, -0.05) is 0 Å². The van der Waals surface area contributed by atoms with Gasteiger partial charge < -0.3 is 28.9 Å². The van der Waals surface area contributed by atoms with E-state index in [1.165, 1.54) is 0 Å². The van der Waals surface area contributed by atoms with Crippen LogP contribution < -0.4 is 18.9 Å². The van der Waals surface area contributed by atoms with Crippen molar-refractivity contribution in [2.24, 2.45) is 0 Å². The third kappa shape index (κ3) is 3.63. The molecule has 5 aromatic rings. The Bertz CT molecular complexity index is 1330. The molecule has 0 fully saturated rings. The number of benzene rings is 3. The van der Waals surface area contributed by atoms with E-state index in [9.17, 15) is 0 Å². The van der Waals surface area contributed by atoms with E-state index in [0.29, 0.717) is 0 Å². The van der Waals surface area contributed by atoms with Gasteiger partial charge in [-0.25, -0.2) is 0 Å². The summed E-state index contributed by atoms with van der Waals surface area (Å²) in [5, 5.41) is 2.19. The van der Waals surface area contributed by atoms with Gasteiger partial charge in [0.15, 0.2) is 0 Å². The first kappa shape index (κ1) is 20.8. The molecule has 2 heterocycles. The Morgan fingerprint density at radius 2 is 1.00 bits per heavy atom. The molecule has 0 spiro atoms. The molecule has 6 heteroatoms. The van der Waals surface area contributed by atoms with E-state index < -0.39 is 0 Å². The van der Waals surface area contributed by atoms with Gasteiger partial charge >= 0.3 is 0 Å². The molecule has 0 radical (unpaired) electrons. The van der Waals surface area contributed by atoms with Gasteiger partial charge in [0.2, 0.25) is 0 Å². The second-order valence-electron chi connectivity index (χ2n) is 7.89. The maximum Gasteiger partial charge on any atom is 0.122 e. The number of H-pyrrole nitrogens is 2. The third-order valence-corrected chi connectivity index (χ3v) is 6.17. The summed E-state index contributed by atoms with van der Waals surface area (Å²) < 4.78 is 22.2. The normalized spacial score (nSPS) is 11.3. The maximum absolute atomic E-state index is 5.59. The molecule has 0 aliphatic rings. The molecule has 0 saturated carbocycles. The number of rotatable bonds is 7. The molecule has 0 amide bonds. The van der Waals surface area contributed by atoms with Crippen molar-refractivity contribution in [2.45, 2.75) is 5.92 Å². The Hall–Kier alpha value is -4.06. The van der Waals surface area contributed by atoms with Crippen molar-refractivity contribution in [3.63, 3.8) is 0 Å². The minimum atomic E-state index is -0.101. The van der Waals surface area contributed by atoms with Crippen LogP contribution in [-0.2, 0) is 0 Å². The van der Waals surface area contributed by atoms with E-state index in [0.717, 1.165) is 61.5 Å². The van der Waals surface area contributed by atoms with Crippen LogP contribution in [0.1, 0.15) is 22.6 Å². The van der Waals surface area contributed by atoms with Gasteiger partial charge in [0.05, 0.1) is 28.4 Å². The molecule has 5 rings (SSSR count). The molecular formula is C27H26N2O4. The molecule has 0 aliphatic carbocycles. The minimum Gasteiger partial charge on any atom is -0.497 e. The van der Waals surface area contributed by atoms with Crippen LogP contribution in [0.25, 0.3) is 21.8 Å². The van der Waals surface area contributed by atoms with E-state index in [-0.39, 0.29) is 5.92 Å². The lowest BCUT2D eigenvalue weighted by molar-refractivity contribution is 0.393. The molecule has 6 nitrogen and oxygen atoms in total. The quantitative estimate of drug-likeness (QED) is 0.331. The Labute approximate surface area is 192 Å². The molecule has 0 unspecified atom stereocenters. The monoisotopic (exact) mass is 442 g/mol. The average Bonchev–Trinajstić information content (AvgIpc) is 3.48. The number of hydrogen-bond donors (Lipinski definition) is 2. The van der Waals surface area contributed by atoms with Crippen LogP contribution in [0, 0.1) is 0 Å². The summed E-state index contributed by atoms with van der Waals surface area (Å²) in [5.74, 6) is 3.00. The van der Waals surface area contributed by atoms with Crippen molar-refractivity contribution in [1.82, 2.24) is 9.97 Å². The van der Waals surface area contributed by atoms with Gasteiger partial charge in [-0.05, 0) is 65.2 Å². The van der Waals surface area contributed by atoms with E-state index >= 15 is 0 Å². The molecule has 2 aromatic heterocycles. The number of aromatic nitrogens is 2. The summed E-state index contributed by atoms with van der Waals surface area (Å²) >= 11 is 0. The maximum atomic E-state index is 5.59. The van der Waals surface area contributed by atoms with Crippen molar-refractivity contribution in [3.05, 3.63) is 83.7 Å². The lowest BCUT2D eigenvalue weighted by Crippen LogP contribution is -2.04. The van der Waals surface area contributed by atoms with E-state index in [1.54, 1.807) is 28.4 Å². The first-order valence-electron chi connectivity index (χ1n) is 10.7. The highest BCUT2D eigenvalue weighted by Crippen LogP contribution is 2.42. The van der Waals surface area contributed by atoms with Crippen molar-refractivity contribution in [3.8, 4) is 23.0 Å². The molecule has 0 saturated heterocycles. The van der Waals surface area contributed by atoms with Crippen LogP contribution in [0.3, 0.4) is 0 Å². The summed E-state index contributed by atoms with van der Waals surface area (Å²) in [7, 11) is 6.70. The first-order chi connectivity index (χ1) is 16.1. The van der Waals surface area contributed by atoms with Crippen LogP contribution in [-0.4, -0.2) is 38.4 Å². The van der Waals surface area contributed by atoms with Gasteiger partial charge in [-0.15, -0.1) is 0 Å². The molecule has 2 N–H and O–H groups in total. The Kier molecular flexibility index (Phi) is 5.34. The van der Waals surface area contributed by atoms with Crippen molar-refractivity contribution < 1.29 is 18.9 Å². The summed E-state index contributed by atoms with van der Waals surface area (Å²) in [4.78, 5) is 6.85. The van der Waals surface area contributed by atoms with Gasteiger partial charge in [0.1, 0.15) is 23.0 Å². The van der Waals surface area contributed by atoms with Crippen LogP contribution in [0.15, 0.2) is 67.0 Å². The van der Waals surface area contributed by atoms with Crippen LogP contribution in [0.5, 0.6) is 23.0 Å². The zero-order chi connectivity index (χ0) is 22.9. The van der Waals surface area contributed by atoms with Gasteiger partial charge in [0.25, 0.3) is 0 Å². The fourth-order valence-electron chi connectivity index (χ4n) is 4.50. The molecule has 0 atom stereocenters. The SMILES string of the molecule is COc1cc(OC)cc(C(c2c[nH]c3ccc(OC)cc23)c2c[nH]c3ccc(OC)cc23)c1. The fraction of sp³-hybridized carbons (Fsp3) is 0.185. The molecule has 33 heavy (non-hydrogen) atoms. The largest absolute Gasteiger partial charge is 0.497 e. The summed E-state index contributed by atoms with van der Waals surface area (Å²) in [6.07, 6.45) is 4.14. The van der Waals surface area contributed by atoms with Crippen molar-refractivity contribution in [2.75, 3.05) is 28.4 Å². The number of aromatic amines is 2. The van der Waals surface area contributed by atoms with E-state index in [2.05, 4.69) is 46.6 Å². The van der Waals surface area contributed by atoms with Gasteiger partial charge in [0, 0.05) is 46.2 Å². The Balaban J connectivity index is 1.81. The zero-order valence-electron chi connectivity index (χ0n) is 19.1. The number of fused-ring (bicyclic) bond motifs is 2. The second kappa shape index (κ2) is 8.47. The van der Waals surface area contributed by atoms with E-state index in [1.807, 2.05) is 30.3 Å². The summed E-state index contributed by atoms with van der Waals surface area (Å²) in [5.41, 5.74) is 5.40. The minimum absolute atomic E-state index is 0.101. The Morgan fingerprint density at radius 1 is 0.545 bits per heavy atom. The molecule has 0 aliphatic heterocycles. The molecule has 168 valence electrons. The standard InChI is InChI=1S/C27H26N2O4/c1-30-17-5-7-25-21(12-17)23(14-28-25)27(16-9-19(32-3)11-20(10-16)33-4)24-15-29-26-8-6-18(31-2)13-22(24)26/h5-15,27-29H,1-4H3. The predicted molar refractivity (Wildman–Crippen MR) is 130 cm³/mol. The lowest BCUT2D eigenvalue weighted by Gasteiger charge is -2.19. The fourth-order valence-corrected chi connectivity index (χ4v) is 4.50. The highest BCUT2D eigenvalue weighted by molar-refractivity contribution is 5.90. The van der Waals surface area contributed by atoms with Crippen molar-refractivity contribution >= 4 is 21.8 Å². The summed E-state index contributed by atoms with van der Waals surface area (Å²) in [6.45, 7) is 0. The zero-order valence-corrected chi connectivity index (χ0v) is 19.1. The molecule has 0 bridgehead atoms. The number of methoxy groups -OCH3 is 4. The average molecular weight is 443 g/mol. The third-order valence-electron chi connectivity index (χ3n) is 6.17. The van der Waals surface area contributed by atoms with Crippen LogP contribution in [0.4, 0.5) is 0 Å². The van der Waals surface area contributed by atoms with Gasteiger partial charge in [-0.2, -0.15) is 0 Å². The highest BCUT2D eigenvalue weighted by Gasteiger charge is 2.25. The lowest BCUT2D eigenvalue weighted by atomic mass is 9.84. The predicted octanol–water partition coefficient (Wildman–Crippen LogP) is 5.86. The first-order valence-corrected chi connectivity index (χ1v) is 10.7. The van der Waals surface area contributed by atoms with Crippen molar-refractivity contribution in [1.29, 1.82) is 0 Å².